The molecule has 0 unspecified atom stereocenters. The molecule has 1 rings (SSSR count). The van der Waals surface area contributed by atoms with Crippen LogP contribution in [0.5, 0.6) is 0 Å². The summed E-state index contributed by atoms with van der Waals surface area (Å²) in [6.07, 6.45) is 6.03. The summed E-state index contributed by atoms with van der Waals surface area (Å²) in [5, 5.41) is 0. The molecule has 1 heterocycles. The molecular formula is C15H30N2O. The van der Waals surface area contributed by atoms with Crippen LogP contribution in [-0.4, -0.2) is 37.2 Å². The Morgan fingerprint density at radius 3 is 2.39 bits per heavy atom. The molecule has 0 amide bonds. The molecule has 18 heavy (non-hydrogen) atoms. The first kappa shape index (κ1) is 15.5. The molecule has 0 aromatic heterocycles. The van der Waals surface area contributed by atoms with E-state index in [1.165, 1.54) is 43.6 Å². The van der Waals surface area contributed by atoms with Gasteiger partial charge in [0, 0.05) is 32.4 Å². The van der Waals surface area contributed by atoms with Gasteiger partial charge in [-0.1, -0.05) is 5.57 Å². The molecular weight excluding hydrogens is 224 g/mol. The molecule has 3 nitrogen and oxygen atoms in total. The van der Waals surface area contributed by atoms with Gasteiger partial charge in [-0.25, -0.2) is 0 Å². The van der Waals surface area contributed by atoms with Crippen LogP contribution in [0.15, 0.2) is 11.3 Å². The number of hydrogen-bond acceptors (Lipinski definition) is 3. The van der Waals surface area contributed by atoms with E-state index in [1.807, 2.05) is 0 Å². The zero-order valence-electron chi connectivity index (χ0n) is 12.6. The molecule has 0 bridgehead atoms. The lowest BCUT2D eigenvalue weighted by Crippen LogP contribution is -2.26. The number of ether oxygens (including phenoxy) is 1. The lowest BCUT2D eigenvalue weighted by atomic mass is 9.98. The Labute approximate surface area is 112 Å². The van der Waals surface area contributed by atoms with Gasteiger partial charge in [-0.2, -0.15) is 0 Å². The highest BCUT2D eigenvalue weighted by Gasteiger charge is 2.18. The normalized spacial score (nSPS) is 18.2. The number of allylic oxidation sites excluding steroid dienone is 1. The van der Waals surface area contributed by atoms with E-state index in [0.717, 1.165) is 12.8 Å². The quantitative estimate of drug-likeness (QED) is 0.759. The summed E-state index contributed by atoms with van der Waals surface area (Å²) < 4.78 is 5.45. The van der Waals surface area contributed by atoms with Gasteiger partial charge in [0.1, 0.15) is 0 Å². The van der Waals surface area contributed by atoms with Crippen molar-refractivity contribution in [1.82, 2.24) is 4.90 Å². The molecule has 0 saturated carbocycles. The first-order chi connectivity index (χ1) is 8.50. The number of nitrogens with zero attached hydrogens (tertiary/aromatic N) is 1. The Morgan fingerprint density at radius 1 is 1.28 bits per heavy atom. The van der Waals surface area contributed by atoms with Gasteiger partial charge in [-0.15, -0.1) is 0 Å². The molecule has 0 aliphatic carbocycles. The summed E-state index contributed by atoms with van der Waals surface area (Å²) in [4.78, 5) is 2.47. The SMILES string of the molecule is COC(C)(C)CCC/C(C)=C(/CN)N1CCCC1. The third kappa shape index (κ3) is 4.62. The van der Waals surface area contributed by atoms with Crippen molar-refractivity contribution in [2.75, 3.05) is 26.7 Å². The van der Waals surface area contributed by atoms with Crippen LogP contribution in [0, 0.1) is 0 Å². The highest BCUT2D eigenvalue weighted by atomic mass is 16.5. The lowest BCUT2D eigenvalue weighted by Gasteiger charge is -2.25. The van der Waals surface area contributed by atoms with E-state index >= 15 is 0 Å². The molecule has 1 aliphatic heterocycles. The van der Waals surface area contributed by atoms with E-state index in [-0.39, 0.29) is 5.60 Å². The molecule has 106 valence electrons. The van der Waals surface area contributed by atoms with E-state index in [0.29, 0.717) is 6.54 Å². The fraction of sp³-hybridized carbons (Fsp3) is 0.867. The molecule has 1 aliphatic rings. The fourth-order valence-corrected chi connectivity index (χ4v) is 2.59. The minimum Gasteiger partial charge on any atom is -0.379 e. The number of hydrogen-bond donors (Lipinski definition) is 1. The molecule has 2 N–H and O–H groups in total. The van der Waals surface area contributed by atoms with Crippen LogP contribution >= 0.6 is 0 Å². The maximum Gasteiger partial charge on any atom is 0.0622 e. The van der Waals surface area contributed by atoms with Crippen LogP contribution in [0.25, 0.3) is 0 Å². The van der Waals surface area contributed by atoms with Crippen molar-refractivity contribution in [1.29, 1.82) is 0 Å². The molecule has 1 fully saturated rings. The molecule has 1 saturated heterocycles. The summed E-state index contributed by atoms with van der Waals surface area (Å²) in [5.74, 6) is 0. The van der Waals surface area contributed by atoms with Crippen molar-refractivity contribution in [3.63, 3.8) is 0 Å². The van der Waals surface area contributed by atoms with Crippen LogP contribution in [0.4, 0.5) is 0 Å². The maximum atomic E-state index is 5.91. The van der Waals surface area contributed by atoms with E-state index in [2.05, 4.69) is 25.7 Å². The van der Waals surface area contributed by atoms with Gasteiger partial charge in [0.2, 0.25) is 0 Å². The van der Waals surface area contributed by atoms with Crippen LogP contribution in [0.2, 0.25) is 0 Å². The Hall–Kier alpha value is -0.540. The minimum atomic E-state index is -0.00317. The van der Waals surface area contributed by atoms with Gasteiger partial charge in [0.25, 0.3) is 0 Å². The van der Waals surface area contributed by atoms with Crippen LogP contribution in [0.3, 0.4) is 0 Å². The number of methoxy groups -OCH3 is 1. The zero-order chi connectivity index (χ0) is 13.6. The van der Waals surface area contributed by atoms with Crippen LogP contribution in [-0.2, 0) is 4.74 Å². The molecule has 0 spiro atoms. The second-order valence-electron chi connectivity index (χ2n) is 5.94. The van der Waals surface area contributed by atoms with Gasteiger partial charge in [0.05, 0.1) is 5.60 Å². The minimum absolute atomic E-state index is 0.00317. The van der Waals surface area contributed by atoms with Gasteiger partial charge >= 0.3 is 0 Å². The van der Waals surface area contributed by atoms with Gasteiger partial charge in [-0.05, 0) is 52.9 Å². The molecule has 0 radical (unpaired) electrons. The number of likely N-dealkylation sites (tertiary alicyclic amines) is 1. The van der Waals surface area contributed by atoms with Crippen molar-refractivity contribution < 1.29 is 4.74 Å². The topological polar surface area (TPSA) is 38.5 Å². The maximum absolute atomic E-state index is 5.91. The van der Waals surface area contributed by atoms with Gasteiger partial charge < -0.3 is 15.4 Å². The third-order valence-corrected chi connectivity index (χ3v) is 4.06. The summed E-state index contributed by atoms with van der Waals surface area (Å²) in [6.45, 7) is 9.59. The standard InChI is InChI=1S/C15H30N2O/c1-13(8-7-9-15(2,3)18-4)14(12-16)17-10-5-6-11-17/h5-12,16H2,1-4H3/b14-13-. The largest absolute Gasteiger partial charge is 0.379 e. The highest BCUT2D eigenvalue weighted by molar-refractivity contribution is 5.13. The highest BCUT2D eigenvalue weighted by Crippen LogP contribution is 2.23. The summed E-state index contributed by atoms with van der Waals surface area (Å²) >= 11 is 0. The van der Waals surface area contributed by atoms with Crippen molar-refractivity contribution >= 4 is 0 Å². The smallest absolute Gasteiger partial charge is 0.0622 e. The molecule has 3 heteroatoms. The monoisotopic (exact) mass is 254 g/mol. The molecule has 0 aromatic rings. The Bertz CT molecular complexity index is 278. The summed E-state index contributed by atoms with van der Waals surface area (Å²) in [6, 6.07) is 0. The van der Waals surface area contributed by atoms with E-state index < -0.39 is 0 Å². The zero-order valence-corrected chi connectivity index (χ0v) is 12.6. The van der Waals surface area contributed by atoms with Crippen molar-refractivity contribution in [3.05, 3.63) is 11.3 Å². The van der Waals surface area contributed by atoms with E-state index in [9.17, 15) is 0 Å². The number of rotatable bonds is 7. The first-order valence-corrected chi connectivity index (χ1v) is 7.19. The second-order valence-corrected chi connectivity index (χ2v) is 5.94. The average Bonchev–Trinajstić information content (AvgIpc) is 2.83. The van der Waals surface area contributed by atoms with Gasteiger partial charge in [-0.3, -0.25) is 0 Å². The predicted molar refractivity (Wildman–Crippen MR) is 77.5 cm³/mol. The van der Waals surface area contributed by atoms with Crippen LogP contribution < -0.4 is 5.73 Å². The Morgan fingerprint density at radius 2 is 1.89 bits per heavy atom. The first-order valence-electron chi connectivity index (χ1n) is 7.19. The van der Waals surface area contributed by atoms with E-state index in [1.54, 1.807) is 7.11 Å². The Balaban J connectivity index is 2.47. The average molecular weight is 254 g/mol. The Kier molecular flexibility index (Phi) is 6.16. The van der Waals surface area contributed by atoms with Crippen molar-refractivity contribution in [2.24, 2.45) is 5.73 Å². The lowest BCUT2D eigenvalue weighted by molar-refractivity contribution is 0.0140. The fourth-order valence-electron chi connectivity index (χ4n) is 2.59. The molecule has 0 aromatic carbocycles. The summed E-state index contributed by atoms with van der Waals surface area (Å²) in [7, 11) is 1.79. The van der Waals surface area contributed by atoms with Crippen molar-refractivity contribution in [3.8, 4) is 0 Å². The predicted octanol–water partition coefficient (Wildman–Crippen LogP) is 2.91. The molecule has 0 atom stereocenters. The number of nitrogens with two attached hydrogens (primary N) is 1. The summed E-state index contributed by atoms with van der Waals surface area (Å²) in [5.41, 5.74) is 8.75. The third-order valence-electron chi connectivity index (χ3n) is 4.06. The van der Waals surface area contributed by atoms with Gasteiger partial charge in [0.15, 0.2) is 0 Å². The second kappa shape index (κ2) is 7.15. The van der Waals surface area contributed by atoms with Crippen molar-refractivity contribution in [2.45, 2.75) is 58.5 Å². The van der Waals surface area contributed by atoms with Crippen LogP contribution in [0.1, 0.15) is 52.9 Å². The van der Waals surface area contributed by atoms with E-state index in [4.69, 9.17) is 10.5 Å².